The lowest BCUT2D eigenvalue weighted by atomic mass is 10.5. The molecule has 1 aromatic heterocycles. The van der Waals surface area contributed by atoms with E-state index < -0.39 is 0 Å². The van der Waals surface area contributed by atoms with E-state index >= 15 is 0 Å². The molecule has 2 heterocycles. The number of hydrazine groups is 1. The molecule has 2 rings (SSSR count). The summed E-state index contributed by atoms with van der Waals surface area (Å²) in [4.78, 5) is 0. The average molecular weight is 136 g/mol. The second-order valence-electron chi connectivity index (χ2n) is 2.20. The fraction of sp³-hybridized carbons (Fsp3) is 0.167. The molecule has 4 nitrogen and oxygen atoms in total. The molecule has 52 valence electrons. The van der Waals surface area contributed by atoms with Gasteiger partial charge in [0.15, 0.2) is 0 Å². The Bertz CT molecular complexity index is 273. The predicted molar refractivity (Wildman–Crippen MR) is 39.1 cm³/mol. The fourth-order valence-corrected chi connectivity index (χ4v) is 0.947. The van der Waals surface area contributed by atoms with E-state index in [1.807, 2.05) is 19.2 Å². The first-order valence-corrected chi connectivity index (χ1v) is 3.10. The zero-order valence-corrected chi connectivity index (χ0v) is 5.63. The highest BCUT2D eigenvalue weighted by molar-refractivity contribution is 5.46. The van der Waals surface area contributed by atoms with E-state index in [9.17, 15) is 0 Å². The zero-order chi connectivity index (χ0) is 6.97. The van der Waals surface area contributed by atoms with Crippen LogP contribution in [-0.4, -0.2) is 9.78 Å². The third kappa shape index (κ3) is 0.655. The van der Waals surface area contributed by atoms with E-state index in [0.717, 1.165) is 11.5 Å². The minimum absolute atomic E-state index is 0.972. The van der Waals surface area contributed by atoms with Crippen molar-refractivity contribution in [3.05, 3.63) is 18.0 Å². The summed E-state index contributed by atoms with van der Waals surface area (Å²) in [6, 6.07) is 1.97. The van der Waals surface area contributed by atoms with Crippen LogP contribution in [0, 0.1) is 6.92 Å². The molecule has 0 atom stereocenters. The first-order valence-electron chi connectivity index (χ1n) is 3.10. The van der Waals surface area contributed by atoms with Crippen molar-refractivity contribution in [3.63, 3.8) is 0 Å². The van der Waals surface area contributed by atoms with E-state index in [1.54, 1.807) is 10.9 Å². The third-order valence-corrected chi connectivity index (χ3v) is 1.36. The van der Waals surface area contributed by atoms with Crippen LogP contribution in [0.1, 0.15) is 5.69 Å². The largest absolute Gasteiger partial charge is 0.305 e. The topological polar surface area (TPSA) is 41.9 Å². The zero-order valence-electron chi connectivity index (χ0n) is 5.63. The van der Waals surface area contributed by atoms with Crippen molar-refractivity contribution in [1.29, 1.82) is 0 Å². The van der Waals surface area contributed by atoms with Gasteiger partial charge in [0.1, 0.15) is 5.82 Å². The summed E-state index contributed by atoms with van der Waals surface area (Å²) in [7, 11) is 0. The molecule has 4 heteroatoms. The molecule has 0 unspecified atom stereocenters. The summed E-state index contributed by atoms with van der Waals surface area (Å²) < 4.78 is 1.78. The normalized spacial score (nSPS) is 13.7. The third-order valence-electron chi connectivity index (χ3n) is 1.36. The standard InChI is InChI=1S/C6H8N4/c1-5-4-6-8-7-2-3-10(6)9-5/h2-4,7-8H,1H3. The number of fused-ring (bicyclic) bond motifs is 1. The van der Waals surface area contributed by atoms with Gasteiger partial charge in [0.25, 0.3) is 0 Å². The van der Waals surface area contributed by atoms with Gasteiger partial charge in [-0.2, -0.15) is 5.10 Å². The maximum Gasteiger partial charge on any atom is 0.147 e. The second kappa shape index (κ2) is 1.76. The highest BCUT2D eigenvalue weighted by Gasteiger charge is 2.03. The van der Waals surface area contributed by atoms with Gasteiger partial charge in [-0.3, -0.25) is 5.43 Å². The minimum atomic E-state index is 0.972. The van der Waals surface area contributed by atoms with Crippen molar-refractivity contribution in [2.24, 2.45) is 0 Å². The van der Waals surface area contributed by atoms with Gasteiger partial charge < -0.3 is 5.43 Å². The number of nitrogens with one attached hydrogen (secondary N) is 2. The van der Waals surface area contributed by atoms with E-state index in [4.69, 9.17) is 0 Å². The molecule has 10 heavy (non-hydrogen) atoms. The number of hydrogen-bond acceptors (Lipinski definition) is 3. The highest BCUT2D eigenvalue weighted by Crippen LogP contribution is 2.10. The number of aromatic nitrogens is 2. The lowest BCUT2D eigenvalue weighted by molar-refractivity contribution is 0.860. The summed E-state index contributed by atoms with van der Waals surface area (Å²) in [5, 5.41) is 4.18. The first-order chi connectivity index (χ1) is 4.86. The molecule has 0 radical (unpaired) electrons. The Morgan fingerprint density at radius 2 is 2.50 bits per heavy atom. The molecule has 0 fully saturated rings. The highest BCUT2D eigenvalue weighted by atomic mass is 15.5. The van der Waals surface area contributed by atoms with Crippen LogP contribution >= 0.6 is 0 Å². The molecule has 2 N–H and O–H groups in total. The van der Waals surface area contributed by atoms with Crippen LogP contribution in [0.4, 0.5) is 5.82 Å². The SMILES string of the molecule is Cc1cc2n(n1)C=CNN2. The molecule has 0 aliphatic carbocycles. The minimum Gasteiger partial charge on any atom is -0.305 e. The van der Waals surface area contributed by atoms with Gasteiger partial charge in [-0.25, -0.2) is 4.68 Å². The van der Waals surface area contributed by atoms with Gasteiger partial charge in [-0.1, -0.05) is 0 Å². The Kier molecular flexibility index (Phi) is 0.943. The van der Waals surface area contributed by atoms with Gasteiger partial charge in [-0.15, -0.1) is 0 Å². The smallest absolute Gasteiger partial charge is 0.147 e. The second-order valence-corrected chi connectivity index (χ2v) is 2.20. The van der Waals surface area contributed by atoms with Crippen molar-refractivity contribution < 1.29 is 0 Å². The van der Waals surface area contributed by atoms with Crippen molar-refractivity contribution in [1.82, 2.24) is 15.2 Å². The molecule has 1 aromatic rings. The molecule has 0 spiro atoms. The Labute approximate surface area is 58.5 Å². The van der Waals surface area contributed by atoms with Gasteiger partial charge in [-0.05, 0) is 6.92 Å². The van der Waals surface area contributed by atoms with Crippen LogP contribution in [0.3, 0.4) is 0 Å². The summed E-state index contributed by atoms with van der Waals surface area (Å²) >= 11 is 0. The van der Waals surface area contributed by atoms with Crippen molar-refractivity contribution in [2.45, 2.75) is 6.92 Å². The summed E-state index contributed by atoms with van der Waals surface area (Å²) in [6.45, 7) is 1.96. The summed E-state index contributed by atoms with van der Waals surface area (Å²) in [5.74, 6) is 0.972. The Morgan fingerprint density at radius 3 is 3.30 bits per heavy atom. The van der Waals surface area contributed by atoms with Crippen molar-refractivity contribution in [2.75, 3.05) is 5.43 Å². The van der Waals surface area contributed by atoms with E-state index in [2.05, 4.69) is 16.0 Å². The molecule has 1 aliphatic rings. The quantitative estimate of drug-likeness (QED) is 0.547. The van der Waals surface area contributed by atoms with Crippen LogP contribution < -0.4 is 10.9 Å². The van der Waals surface area contributed by atoms with Gasteiger partial charge in [0.05, 0.1) is 5.69 Å². The number of nitrogens with zero attached hydrogens (tertiary/aromatic N) is 2. The monoisotopic (exact) mass is 136 g/mol. The molecule has 0 bridgehead atoms. The van der Waals surface area contributed by atoms with Crippen LogP contribution in [0.5, 0.6) is 0 Å². The van der Waals surface area contributed by atoms with E-state index in [0.29, 0.717) is 0 Å². The number of anilines is 1. The fourth-order valence-electron chi connectivity index (χ4n) is 0.947. The maximum absolute atomic E-state index is 4.18. The molecular weight excluding hydrogens is 128 g/mol. The summed E-state index contributed by atoms with van der Waals surface area (Å²) in [5.41, 5.74) is 6.82. The van der Waals surface area contributed by atoms with E-state index in [1.165, 1.54) is 0 Å². The number of rotatable bonds is 0. The van der Waals surface area contributed by atoms with Gasteiger partial charge in [0, 0.05) is 18.5 Å². The van der Waals surface area contributed by atoms with Crippen molar-refractivity contribution in [3.8, 4) is 0 Å². The van der Waals surface area contributed by atoms with Crippen LogP contribution in [0.15, 0.2) is 12.3 Å². The molecule has 1 aliphatic heterocycles. The van der Waals surface area contributed by atoms with Gasteiger partial charge in [0.2, 0.25) is 0 Å². The Hall–Kier alpha value is -1.45. The average Bonchev–Trinajstić information content (AvgIpc) is 2.27. The molecule has 0 saturated heterocycles. The first kappa shape index (κ1) is 5.34. The number of aryl methyl sites for hydroxylation is 1. The molecule has 0 saturated carbocycles. The van der Waals surface area contributed by atoms with Crippen LogP contribution in [0.25, 0.3) is 6.20 Å². The van der Waals surface area contributed by atoms with E-state index in [-0.39, 0.29) is 0 Å². The maximum atomic E-state index is 4.18. The van der Waals surface area contributed by atoms with Crippen LogP contribution in [0.2, 0.25) is 0 Å². The molecule has 0 amide bonds. The molecular formula is C6H8N4. The molecule has 0 aromatic carbocycles. The van der Waals surface area contributed by atoms with Crippen LogP contribution in [-0.2, 0) is 0 Å². The predicted octanol–water partition coefficient (Wildman–Crippen LogP) is 0.550. The van der Waals surface area contributed by atoms with Crippen molar-refractivity contribution >= 4 is 12.0 Å². The summed E-state index contributed by atoms with van der Waals surface area (Å²) in [6.07, 6.45) is 3.65. The number of hydrogen-bond donors (Lipinski definition) is 2. The lowest BCUT2D eigenvalue weighted by Gasteiger charge is -2.09. The Balaban J connectivity index is 2.53. The lowest BCUT2D eigenvalue weighted by Crippen LogP contribution is -2.20. The van der Waals surface area contributed by atoms with Gasteiger partial charge >= 0.3 is 0 Å². The Morgan fingerprint density at radius 1 is 1.60 bits per heavy atom.